The number of rotatable bonds is 11. The lowest BCUT2D eigenvalue weighted by atomic mass is 10.1. The Kier molecular flexibility index (Phi) is 8.62. The van der Waals surface area contributed by atoms with Crippen LogP contribution in [0.2, 0.25) is 0 Å². The summed E-state index contributed by atoms with van der Waals surface area (Å²) in [6.45, 7) is 5.02. The fourth-order valence-electron chi connectivity index (χ4n) is 4.51. The maximum Gasteiger partial charge on any atom is 0.242 e. The molecule has 6 nitrogen and oxygen atoms in total. The highest BCUT2D eigenvalue weighted by Crippen LogP contribution is 2.19. The number of aromatic amines is 1. The molecule has 0 aliphatic carbocycles. The molecule has 0 spiro atoms. The number of amides is 2. The Bertz CT molecular complexity index is 1310. The molecule has 37 heavy (non-hydrogen) atoms. The molecular weight excluding hydrogens is 462 g/mol. The van der Waals surface area contributed by atoms with E-state index in [-0.39, 0.29) is 30.8 Å². The van der Waals surface area contributed by atoms with E-state index in [0.717, 1.165) is 28.8 Å². The van der Waals surface area contributed by atoms with Crippen molar-refractivity contribution in [1.29, 1.82) is 0 Å². The van der Waals surface area contributed by atoms with E-state index < -0.39 is 0 Å². The number of para-hydroxylation sites is 1. The van der Waals surface area contributed by atoms with Crippen molar-refractivity contribution in [1.82, 2.24) is 14.8 Å². The van der Waals surface area contributed by atoms with Crippen LogP contribution < -0.4 is 4.74 Å². The van der Waals surface area contributed by atoms with Crippen LogP contribution in [-0.2, 0) is 29.0 Å². The predicted molar refractivity (Wildman–Crippen MR) is 147 cm³/mol. The normalized spacial score (nSPS) is 11.0. The van der Waals surface area contributed by atoms with Crippen LogP contribution in [0.4, 0.5) is 0 Å². The van der Waals surface area contributed by atoms with Gasteiger partial charge >= 0.3 is 0 Å². The van der Waals surface area contributed by atoms with Crippen LogP contribution >= 0.6 is 0 Å². The van der Waals surface area contributed by atoms with Gasteiger partial charge in [-0.05, 0) is 55.2 Å². The third-order valence-corrected chi connectivity index (χ3v) is 6.66. The van der Waals surface area contributed by atoms with E-state index in [1.165, 1.54) is 10.9 Å². The van der Waals surface area contributed by atoms with Gasteiger partial charge in [0.2, 0.25) is 11.8 Å². The summed E-state index contributed by atoms with van der Waals surface area (Å²) >= 11 is 0. The second-order valence-corrected chi connectivity index (χ2v) is 9.55. The molecule has 0 radical (unpaired) electrons. The Hall–Kier alpha value is -4.06. The quantitative estimate of drug-likeness (QED) is 0.309. The van der Waals surface area contributed by atoms with Gasteiger partial charge in [0, 0.05) is 36.2 Å². The first-order valence-corrected chi connectivity index (χ1v) is 12.7. The van der Waals surface area contributed by atoms with Crippen molar-refractivity contribution in [2.75, 3.05) is 20.2 Å². The summed E-state index contributed by atoms with van der Waals surface area (Å²) in [5.41, 5.74) is 4.23. The SMILES string of the molecule is COc1ccc(CC(=O)N(CC(=O)N(CCc2c[nH]c3ccccc23)Cc2ccccc2)C(C)C)cc1. The van der Waals surface area contributed by atoms with Gasteiger partial charge < -0.3 is 19.5 Å². The van der Waals surface area contributed by atoms with Gasteiger partial charge in [-0.25, -0.2) is 0 Å². The second-order valence-electron chi connectivity index (χ2n) is 9.55. The van der Waals surface area contributed by atoms with E-state index >= 15 is 0 Å². The van der Waals surface area contributed by atoms with E-state index in [1.54, 1.807) is 12.0 Å². The molecule has 1 aromatic heterocycles. The molecule has 0 atom stereocenters. The van der Waals surface area contributed by atoms with Gasteiger partial charge in [-0.1, -0.05) is 60.7 Å². The zero-order valence-electron chi connectivity index (χ0n) is 21.8. The van der Waals surface area contributed by atoms with E-state index in [0.29, 0.717) is 13.1 Å². The average molecular weight is 498 g/mol. The van der Waals surface area contributed by atoms with Crippen LogP contribution in [0.25, 0.3) is 10.9 Å². The lowest BCUT2D eigenvalue weighted by molar-refractivity contribution is -0.142. The summed E-state index contributed by atoms with van der Waals surface area (Å²) in [4.78, 5) is 33.7. The van der Waals surface area contributed by atoms with E-state index in [1.807, 2.05) is 91.7 Å². The van der Waals surface area contributed by atoms with Crippen molar-refractivity contribution < 1.29 is 14.3 Å². The molecule has 2 amide bonds. The molecule has 4 aromatic rings. The molecule has 0 unspecified atom stereocenters. The summed E-state index contributed by atoms with van der Waals surface area (Å²) in [6.07, 6.45) is 2.99. The standard InChI is InChI=1S/C31H35N3O3/c1-23(2)34(30(35)19-24-13-15-27(37-3)16-14-24)22-31(36)33(21-25-9-5-4-6-10-25)18-17-26-20-32-29-12-8-7-11-28(26)29/h4-16,20,23,32H,17-19,21-22H2,1-3H3. The fourth-order valence-corrected chi connectivity index (χ4v) is 4.51. The first kappa shape index (κ1) is 26.0. The molecule has 1 heterocycles. The van der Waals surface area contributed by atoms with Gasteiger partial charge in [-0.2, -0.15) is 0 Å². The van der Waals surface area contributed by atoms with Gasteiger partial charge in [0.1, 0.15) is 5.75 Å². The maximum absolute atomic E-state index is 13.6. The molecule has 0 fully saturated rings. The monoisotopic (exact) mass is 497 g/mol. The largest absolute Gasteiger partial charge is 0.497 e. The lowest BCUT2D eigenvalue weighted by Gasteiger charge is -2.30. The predicted octanol–water partition coefficient (Wildman–Crippen LogP) is 5.23. The highest BCUT2D eigenvalue weighted by Gasteiger charge is 2.24. The molecule has 3 aromatic carbocycles. The van der Waals surface area contributed by atoms with Crippen molar-refractivity contribution in [3.8, 4) is 5.75 Å². The molecule has 0 aliphatic rings. The highest BCUT2D eigenvalue weighted by atomic mass is 16.5. The Morgan fingerprint density at radius 2 is 1.57 bits per heavy atom. The van der Waals surface area contributed by atoms with Crippen LogP contribution in [-0.4, -0.2) is 52.8 Å². The number of hydrogen-bond acceptors (Lipinski definition) is 3. The smallest absolute Gasteiger partial charge is 0.242 e. The highest BCUT2D eigenvalue weighted by molar-refractivity contribution is 5.86. The zero-order chi connectivity index (χ0) is 26.2. The van der Waals surface area contributed by atoms with E-state index in [4.69, 9.17) is 4.74 Å². The minimum Gasteiger partial charge on any atom is -0.497 e. The van der Waals surface area contributed by atoms with Crippen LogP contribution in [0.5, 0.6) is 5.75 Å². The van der Waals surface area contributed by atoms with Crippen molar-refractivity contribution in [3.05, 3.63) is 102 Å². The number of hydrogen-bond donors (Lipinski definition) is 1. The number of H-pyrrole nitrogens is 1. The Morgan fingerprint density at radius 3 is 2.27 bits per heavy atom. The minimum atomic E-state index is -0.0955. The second kappa shape index (κ2) is 12.3. The Labute approximate surface area is 218 Å². The van der Waals surface area contributed by atoms with Crippen molar-refractivity contribution in [2.24, 2.45) is 0 Å². The molecule has 4 rings (SSSR count). The van der Waals surface area contributed by atoms with Crippen molar-refractivity contribution >= 4 is 22.7 Å². The molecule has 0 saturated carbocycles. The van der Waals surface area contributed by atoms with Crippen molar-refractivity contribution in [2.45, 2.75) is 39.3 Å². The Balaban J connectivity index is 1.48. The molecular formula is C31H35N3O3. The number of carbonyl (C=O) groups excluding carboxylic acids is 2. The van der Waals surface area contributed by atoms with Gasteiger partial charge in [0.25, 0.3) is 0 Å². The molecule has 1 N–H and O–H groups in total. The van der Waals surface area contributed by atoms with Crippen LogP contribution in [0.3, 0.4) is 0 Å². The van der Waals surface area contributed by atoms with E-state index in [2.05, 4.69) is 17.1 Å². The summed E-state index contributed by atoms with van der Waals surface area (Å²) in [5.74, 6) is 0.629. The molecule has 0 saturated heterocycles. The first-order valence-electron chi connectivity index (χ1n) is 12.7. The topological polar surface area (TPSA) is 65.6 Å². The third kappa shape index (κ3) is 6.79. The van der Waals surface area contributed by atoms with Crippen molar-refractivity contribution in [3.63, 3.8) is 0 Å². The number of ether oxygens (including phenoxy) is 1. The summed E-state index contributed by atoms with van der Waals surface area (Å²) in [7, 11) is 1.62. The zero-order valence-corrected chi connectivity index (χ0v) is 21.8. The van der Waals surface area contributed by atoms with Gasteiger partial charge in [-0.15, -0.1) is 0 Å². The molecule has 0 bridgehead atoms. The fraction of sp³-hybridized carbons (Fsp3) is 0.290. The van der Waals surface area contributed by atoms with Crippen LogP contribution in [0.1, 0.15) is 30.5 Å². The number of nitrogens with zero attached hydrogens (tertiary/aromatic N) is 2. The Morgan fingerprint density at radius 1 is 0.865 bits per heavy atom. The third-order valence-electron chi connectivity index (χ3n) is 6.66. The number of aromatic nitrogens is 1. The average Bonchev–Trinajstić information content (AvgIpc) is 3.33. The lowest BCUT2D eigenvalue weighted by Crippen LogP contribution is -2.46. The summed E-state index contributed by atoms with van der Waals surface area (Å²) in [6, 6.07) is 25.6. The van der Waals surface area contributed by atoms with Gasteiger partial charge in [0.15, 0.2) is 0 Å². The molecule has 192 valence electrons. The van der Waals surface area contributed by atoms with E-state index in [9.17, 15) is 9.59 Å². The first-order chi connectivity index (χ1) is 17.9. The summed E-state index contributed by atoms with van der Waals surface area (Å²) in [5, 5.41) is 1.17. The number of fused-ring (bicyclic) bond motifs is 1. The maximum atomic E-state index is 13.6. The number of nitrogens with one attached hydrogen (secondary N) is 1. The number of carbonyl (C=O) groups is 2. The summed E-state index contributed by atoms with van der Waals surface area (Å²) < 4.78 is 5.21. The number of methoxy groups -OCH3 is 1. The molecule has 6 heteroatoms. The van der Waals surface area contributed by atoms with Crippen LogP contribution in [0, 0.1) is 0 Å². The van der Waals surface area contributed by atoms with Crippen LogP contribution in [0.15, 0.2) is 85.1 Å². The minimum absolute atomic E-state index is 0.0490. The number of benzene rings is 3. The van der Waals surface area contributed by atoms with Gasteiger partial charge in [0.05, 0.1) is 20.1 Å². The van der Waals surface area contributed by atoms with Gasteiger partial charge in [-0.3, -0.25) is 9.59 Å². The molecule has 0 aliphatic heterocycles.